The van der Waals surface area contributed by atoms with Gasteiger partial charge in [-0.25, -0.2) is 0 Å². The lowest BCUT2D eigenvalue weighted by molar-refractivity contribution is -0.136. The number of nitrogens with one attached hydrogen (secondary N) is 1. The third-order valence-electron chi connectivity index (χ3n) is 4.85. The van der Waals surface area contributed by atoms with Crippen LogP contribution in [0, 0.1) is 0 Å². The van der Waals surface area contributed by atoms with Gasteiger partial charge in [0.15, 0.2) is 0 Å². The highest BCUT2D eigenvalue weighted by atomic mass is 16.5. The van der Waals surface area contributed by atoms with Crippen molar-refractivity contribution in [3.63, 3.8) is 0 Å². The van der Waals surface area contributed by atoms with Crippen LogP contribution in [-0.2, 0) is 14.3 Å². The molecule has 3 rings (SSSR count). The molecule has 0 aliphatic carbocycles. The van der Waals surface area contributed by atoms with Crippen molar-refractivity contribution in [1.29, 1.82) is 0 Å². The molecule has 2 aromatic carbocycles. The van der Waals surface area contributed by atoms with Gasteiger partial charge >= 0.3 is 0 Å². The number of hydrogen-bond acceptors (Lipinski definition) is 6. The Morgan fingerprint density at radius 3 is 2.19 bits per heavy atom. The summed E-state index contributed by atoms with van der Waals surface area (Å²) in [6.07, 6.45) is 0.636. The van der Waals surface area contributed by atoms with Crippen LogP contribution in [0.25, 0.3) is 5.57 Å². The molecule has 7 nitrogen and oxygen atoms in total. The smallest absolute Gasteiger partial charge is 0.278 e. The molecule has 0 atom stereocenters. The Morgan fingerprint density at radius 2 is 1.59 bits per heavy atom. The Kier molecular flexibility index (Phi) is 7.89. The molecule has 1 heterocycles. The first kappa shape index (κ1) is 23.3. The number of nitrogens with zero attached hydrogens (tertiary/aromatic N) is 1. The van der Waals surface area contributed by atoms with E-state index in [1.54, 1.807) is 31.4 Å². The first-order valence-electron chi connectivity index (χ1n) is 10.8. The van der Waals surface area contributed by atoms with Gasteiger partial charge in [0.1, 0.15) is 17.2 Å². The largest absolute Gasteiger partial charge is 0.494 e. The summed E-state index contributed by atoms with van der Waals surface area (Å²) in [5, 5.41) is 3.16. The van der Waals surface area contributed by atoms with Crippen LogP contribution in [0.2, 0.25) is 0 Å². The fraction of sp³-hybridized carbons (Fsp3) is 0.360. The number of imide groups is 1. The van der Waals surface area contributed by atoms with E-state index in [4.69, 9.17) is 14.2 Å². The van der Waals surface area contributed by atoms with Gasteiger partial charge in [-0.2, -0.15) is 0 Å². The number of hydrogen-bond donors (Lipinski definition) is 1. The van der Waals surface area contributed by atoms with Crippen molar-refractivity contribution in [3.05, 3.63) is 59.8 Å². The molecule has 7 heteroatoms. The highest BCUT2D eigenvalue weighted by Gasteiger charge is 2.38. The zero-order valence-electron chi connectivity index (χ0n) is 19.0. The van der Waals surface area contributed by atoms with Crippen molar-refractivity contribution in [1.82, 2.24) is 4.90 Å². The van der Waals surface area contributed by atoms with E-state index >= 15 is 0 Å². The second kappa shape index (κ2) is 10.8. The molecule has 1 aliphatic heterocycles. The van der Waals surface area contributed by atoms with Gasteiger partial charge in [-0.3, -0.25) is 14.5 Å². The summed E-state index contributed by atoms with van der Waals surface area (Å²) in [5.41, 5.74) is 1.95. The molecule has 2 aromatic rings. The Bertz CT molecular complexity index is 965. The van der Waals surface area contributed by atoms with Gasteiger partial charge in [-0.05, 0) is 69.2 Å². The topological polar surface area (TPSA) is 77.1 Å². The third-order valence-corrected chi connectivity index (χ3v) is 4.85. The molecule has 0 aromatic heterocycles. The van der Waals surface area contributed by atoms with Gasteiger partial charge in [0.25, 0.3) is 11.8 Å². The minimum Gasteiger partial charge on any atom is -0.494 e. The summed E-state index contributed by atoms with van der Waals surface area (Å²) in [7, 11) is 1.59. The number of amides is 2. The molecule has 0 radical (unpaired) electrons. The number of ether oxygens (including phenoxy) is 3. The average Bonchev–Trinajstić information content (AvgIpc) is 3.00. The number of rotatable bonds is 11. The van der Waals surface area contributed by atoms with E-state index in [2.05, 4.69) is 5.32 Å². The predicted octanol–water partition coefficient (Wildman–Crippen LogP) is 4.10. The van der Waals surface area contributed by atoms with E-state index in [1.165, 1.54) is 4.90 Å². The van der Waals surface area contributed by atoms with Gasteiger partial charge in [0.05, 0.1) is 18.3 Å². The summed E-state index contributed by atoms with van der Waals surface area (Å²) in [6.45, 7) is 7.14. The number of carbonyl (C=O) groups excluding carboxylic acids is 2. The van der Waals surface area contributed by atoms with Crippen LogP contribution in [-0.4, -0.2) is 49.7 Å². The average molecular weight is 439 g/mol. The van der Waals surface area contributed by atoms with Crippen LogP contribution in [0.3, 0.4) is 0 Å². The van der Waals surface area contributed by atoms with Gasteiger partial charge < -0.3 is 19.5 Å². The monoisotopic (exact) mass is 438 g/mol. The molecule has 2 amide bonds. The molecular weight excluding hydrogens is 408 g/mol. The lowest BCUT2D eigenvalue weighted by Gasteiger charge is -2.15. The zero-order chi connectivity index (χ0) is 23.1. The molecule has 0 unspecified atom stereocenters. The van der Waals surface area contributed by atoms with Crippen LogP contribution in [0.1, 0.15) is 32.8 Å². The molecule has 1 N–H and O–H groups in total. The van der Waals surface area contributed by atoms with Crippen LogP contribution in [0.4, 0.5) is 5.69 Å². The molecule has 0 spiro atoms. The maximum Gasteiger partial charge on any atom is 0.278 e. The normalized spacial score (nSPS) is 13.8. The Balaban J connectivity index is 1.91. The van der Waals surface area contributed by atoms with Crippen molar-refractivity contribution in [2.75, 3.05) is 32.2 Å². The number of benzene rings is 2. The Hall–Kier alpha value is -3.32. The summed E-state index contributed by atoms with van der Waals surface area (Å²) < 4.78 is 16.3. The zero-order valence-corrected chi connectivity index (χ0v) is 19.0. The Labute approximate surface area is 189 Å². The third kappa shape index (κ3) is 5.48. The molecule has 0 fully saturated rings. The maximum absolute atomic E-state index is 13.2. The molecule has 0 saturated carbocycles. The highest BCUT2D eigenvalue weighted by Crippen LogP contribution is 2.32. The van der Waals surface area contributed by atoms with E-state index in [0.29, 0.717) is 48.8 Å². The molecular formula is C25H30N2O5. The SMILES string of the molecule is CCOc1ccc(C2=C(Nc3ccc(OC(C)C)cc3)C(=O)N(CCCOC)C2=O)cc1. The van der Waals surface area contributed by atoms with Crippen molar-refractivity contribution in [2.45, 2.75) is 33.3 Å². The fourth-order valence-corrected chi connectivity index (χ4v) is 3.45. The van der Waals surface area contributed by atoms with Gasteiger partial charge in [0.2, 0.25) is 0 Å². The van der Waals surface area contributed by atoms with Crippen LogP contribution in [0.5, 0.6) is 11.5 Å². The first-order chi connectivity index (χ1) is 15.4. The van der Waals surface area contributed by atoms with E-state index in [0.717, 1.165) is 5.75 Å². The fourth-order valence-electron chi connectivity index (χ4n) is 3.45. The quantitative estimate of drug-likeness (QED) is 0.420. The molecule has 0 saturated heterocycles. The second-order valence-corrected chi connectivity index (χ2v) is 7.63. The van der Waals surface area contributed by atoms with E-state index < -0.39 is 0 Å². The lowest BCUT2D eigenvalue weighted by Crippen LogP contribution is -2.33. The standard InChI is InChI=1S/C25H30N2O5/c1-5-31-20-11-7-18(8-12-20)22-23(25(29)27(24(22)28)15-6-16-30-4)26-19-9-13-21(14-10-19)32-17(2)3/h7-14,17,26H,5-6,15-16H2,1-4H3. The molecule has 0 bridgehead atoms. The molecule has 32 heavy (non-hydrogen) atoms. The lowest BCUT2D eigenvalue weighted by atomic mass is 10.0. The number of methoxy groups -OCH3 is 1. The van der Waals surface area contributed by atoms with Crippen molar-refractivity contribution < 1.29 is 23.8 Å². The van der Waals surface area contributed by atoms with Crippen LogP contribution >= 0.6 is 0 Å². The molecule has 170 valence electrons. The summed E-state index contributed by atoms with van der Waals surface area (Å²) >= 11 is 0. The molecule has 1 aliphatic rings. The van der Waals surface area contributed by atoms with Crippen molar-refractivity contribution >= 4 is 23.1 Å². The minimum atomic E-state index is -0.350. The van der Waals surface area contributed by atoms with Gasteiger partial charge in [-0.15, -0.1) is 0 Å². The number of anilines is 1. The van der Waals surface area contributed by atoms with Crippen molar-refractivity contribution in [2.24, 2.45) is 0 Å². The minimum absolute atomic E-state index is 0.0671. The van der Waals surface area contributed by atoms with Crippen LogP contribution in [0.15, 0.2) is 54.2 Å². The Morgan fingerprint density at radius 1 is 0.938 bits per heavy atom. The maximum atomic E-state index is 13.2. The van der Waals surface area contributed by atoms with E-state index in [-0.39, 0.29) is 23.6 Å². The summed E-state index contributed by atoms with van der Waals surface area (Å²) in [4.78, 5) is 27.7. The summed E-state index contributed by atoms with van der Waals surface area (Å²) in [6, 6.07) is 14.5. The van der Waals surface area contributed by atoms with Gasteiger partial charge in [0, 0.05) is 25.9 Å². The predicted molar refractivity (Wildman–Crippen MR) is 124 cm³/mol. The second-order valence-electron chi connectivity index (χ2n) is 7.63. The summed E-state index contributed by atoms with van der Waals surface area (Å²) in [5.74, 6) is 0.775. The van der Waals surface area contributed by atoms with Crippen molar-refractivity contribution in [3.8, 4) is 11.5 Å². The first-order valence-corrected chi connectivity index (χ1v) is 10.8. The highest BCUT2D eigenvalue weighted by molar-refractivity contribution is 6.36. The van der Waals surface area contributed by atoms with Gasteiger partial charge in [-0.1, -0.05) is 12.1 Å². The van der Waals surface area contributed by atoms with E-state index in [1.807, 2.05) is 45.0 Å². The number of carbonyl (C=O) groups is 2. The van der Waals surface area contributed by atoms with E-state index in [9.17, 15) is 9.59 Å². The van der Waals surface area contributed by atoms with Crippen LogP contribution < -0.4 is 14.8 Å².